The Kier molecular flexibility index (Phi) is 5.74. The first-order valence-electron chi connectivity index (χ1n) is 9.59. The molecule has 0 amide bonds. The number of hydrogen-bond acceptors (Lipinski definition) is 8. The summed E-state index contributed by atoms with van der Waals surface area (Å²) < 4.78 is 20.7. The highest BCUT2D eigenvalue weighted by Crippen LogP contribution is 2.25. The van der Waals surface area contributed by atoms with Crippen LogP contribution in [0.1, 0.15) is 11.1 Å². The Morgan fingerprint density at radius 3 is 3.03 bits per heavy atom. The molecule has 9 nitrogen and oxygen atoms in total. The number of aromatic nitrogens is 4. The number of morpholine rings is 1. The average molecular weight is 411 g/mol. The molecule has 1 aliphatic rings. The number of ether oxygens (including phenoxy) is 1. The third-order valence-corrected chi connectivity index (χ3v) is 4.97. The molecule has 1 aliphatic heterocycles. The number of fused-ring (bicyclic) bond motifs is 1. The predicted octanol–water partition coefficient (Wildman–Crippen LogP) is 1.23. The highest BCUT2D eigenvalue weighted by atomic mass is 19.1. The second-order valence-electron chi connectivity index (χ2n) is 7.27. The van der Waals surface area contributed by atoms with Crippen molar-refractivity contribution in [3.8, 4) is 6.07 Å². The van der Waals surface area contributed by atoms with Gasteiger partial charge in [0.05, 0.1) is 12.3 Å². The standard InChI is InChI=1S/C20H22FN7O2/c1-26(2)18-6-5-14(19(21)16(18)10-22)11-27-8-9-29-15(12-27)13-30-28-20-17(24-25-28)4-3-7-23-20/h3-7,15H,8-9,11-13H2,1-2H3. The van der Waals surface area contributed by atoms with Gasteiger partial charge in [-0.1, -0.05) is 10.9 Å². The Balaban J connectivity index is 1.40. The van der Waals surface area contributed by atoms with Gasteiger partial charge < -0.3 is 14.5 Å². The molecule has 4 rings (SSSR count). The molecule has 0 bridgehead atoms. The number of benzene rings is 1. The third kappa shape index (κ3) is 4.03. The fourth-order valence-corrected chi connectivity index (χ4v) is 3.46. The number of anilines is 1. The van der Waals surface area contributed by atoms with E-state index in [0.717, 1.165) is 0 Å². The Morgan fingerprint density at radius 1 is 1.37 bits per heavy atom. The lowest BCUT2D eigenvalue weighted by Crippen LogP contribution is -2.45. The Hall–Kier alpha value is -3.29. The van der Waals surface area contributed by atoms with Gasteiger partial charge >= 0.3 is 0 Å². The zero-order chi connectivity index (χ0) is 21.1. The van der Waals surface area contributed by atoms with Crippen molar-refractivity contribution in [2.45, 2.75) is 12.6 Å². The maximum atomic E-state index is 14.9. The Morgan fingerprint density at radius 2 is 2.23 bits per heavy atom. The molecule has 1 fully saturated rings. The molecule has 0 spiro atoms. The van der Waals surface area contributed by atoms with Crippen molar-refractivity contribution in [3.63, 3.8) is 0 Å². The van der Waals surface area contributed by atoms with Gasteiger partial charge in [0, 0.05) is 45.5 Å². The van der Waals surface area contributed by atoms with Crippen LogP contribution in [-0.2, 0) is 11.3 Å². The number of halogens is 1. The van der Waals surface area contributed by atoms with E-state index in [0.29, 0.717) is 48.7 Å². The molecule has 0 aliphatic carbocycles. The smallest absolute Gasteiger partial charge is 0.219 e. The van der Waals surface area contributed by atoms with Gasteiger partial charge in [0.15, 0.2) is 0 Å². The van der Waals surface area contributed by atoms with E-state index >= 15 is 0 Å². The molecular formula is C20H22FN7O2. The van der Waals surface area contributed by atoms with Crippen molar-refractivity contribution in [2.24, 2.45) is 0 Å². The molecule has 3 heterocycles. The molecule has 0 N–H and O–H groups in total. The zero-order valence-corrected chi connectivity index (χ0v) is 16.8. The molecule has 1 unspecified atom stereocenters. The van der Waals surface area contributed by atoms with E-state index in [-0.39, 0.29) is 18.3 Å². The van der Waals surface area contributed by atoms with Crippen LogP contribution in [-0.4, -0.2) is 71.5 Å². The van der Waals surface area contributed by atoms with Crippen LogP contribution in [0.5, 0.6) is 0 Å². The molecule has 0 radical (unpaired) electrons. The SMILES string of the molecule is CN(C)c1ccc(CN2CCOC(COn3nnc4cccnc43)C2)c(F)c1C#N. The van der Waals surface area contributed by atoms with Gasteiger partial charge in [0.1, 0.15) is 35.7 Å². The number of nitriles is 1. The van der Waals surface area contributed by atoms with E-state index in [2.05, 4.69) is 20.2 Å². The first kappa shape index (κ1) is 20.0. The summed E-state index contributed by atoms with van der Waals surface area (Å²) in [6.45, 7) is 2.39. The monoisotopic (exact) mass is 411 g/mol. The van der Waals surface area contributed by atoms with Crippen LogP contribution in [0.15, 0.2) is 30.5 Å². The molecule has 0 saturated carbocycles. The van der Waals surface area contributed by atoms with Crippen molar-refractivity contribution >= 4 is 16.9 Å². The molecule has 30 heavy (non-hydrogen) atoms. The van der Waals surface area contributed by atoms with Crippen LogP contribution in [0.25, 0.3) is 11.2 Å². The van der Waals surface area contributed by atoms with Gasteiger partial charge in [-0.3, -0.25) is 4.90 Å². The molecule has 1 aromatic carbocycles. The van der Waals surface area contributed by atoms with Gasteiger partial charge in [0.25, 0.3) is 0 Å². The topological polar surface area (TPSA) is 92.3 Å². The van der Waals surface area contributed by atoms with Crippen molar-refractivity contribution in [1.29, 1.82) is 5.26 Å². The molecule has 2 aromatic heterocycles. The summed E-state index contributed by atoms with van der Waals surface area (Å²) >= 11 is 0. The number of pyridine rings is 1. The van der Waals surface area contributed by atoms with E-state index in [1.54, 1.807) is 49.5 Å². The van der Waals surface area contributed by atoms with E-state index < -0.39 is 5.82 Å². The van der Waals surface area contributed by atoms with Crippen molar-refractivity contribution < 1.29 is 14.0 Å². The van der Waals surface area contributed by atoms with Gasteiger partial charge in [-0.05, 0) is 23.4 Å². The fourth-order valence-electron chi connectivity index (χ4n) is 3.46. The van der Waals surface area contributed by atoms with Gasteiger partial charge in [-0.15, -0.1) is 5.10 Å². The van der Waals surface area contributed by atoms with Gasteiger partial charge in [-0.2, -0.15) is 5.26 Å². The minimum Gasteiger partial charge on any atom is -0.391 e. The van der Waals surface area contributed by atoms with Crippen LogP contribution >= 0.6 is 0 Å². The first-order valence-corrected chi connectivity index (χ1v) is 9.59. The summed E-state index contributed by atoms with van der Waals surface area (Å²) in [5, 5.41) is 17.3. The van der Waals surface area contributed by atoms with Crippen LogP contribution in [0.4, 0.5) is 10.1 Å². The first-order chi connectivity index (χ1) is 14.6. The molecular weight excluding hydrogens is 389 g/mol. The minimum atomic E-state index is -0.469. The zero-order valence-electron chi connectivity index (χ0n) is 16.8. The normalized spacial score (nSPS) is 17.1. The van der Waals surface area contributed by atoms with Crippen LogP contribution < -0.4 is 9.74 Å². The Labute approximate surface area is 173 Å². The quantitative estimate of drug-likeness (QED) is 0.598. The lowest BCUT2D eigenvalue weighted by atomic mass is 10.1. The molecule has 1 atom stereocenters. The second kappa shape index (κ2) is 8.61. The minimum absolute atomic E-state index is 0.0659. The van der Waals surface area contributed by atoms with Crippen LogP contribution in [0.2, 0.25) is 0 Å². The Bertz CT molecular complexity index is 1080. The van der Waals surface area contributed by atoms with Crippen LogP contribution in [0, 0.1) is 17.1 Å². The van der Waals surface area contributed by atoms with E-state index in [9.17, 15) is 9.65 Å². The summed E-state index contributed by atoms with van der Waals surface area (Å²) in [5.41, 5.74) is 2.31. The summed E-state index contributed by atoms with van der Waals surface area (Å²) in [4.78, 5) is 15.0. The number of nitrogens with zero attached hydrogens (tertiary/aromatic N) is 7. The molecule has 156 valence electrons. The number of hydrogen-bond donors (Lipinski definition) is 0. The summed E-state index contributed by atoms with van der Waals surface area (Å²) in [5.74, 6) is -0.469. The van der Waals surface area contributed by atoms with E-state index in [4.69, 9.17) is 9.57 Å². The van der Waals surface area contributed by atoms with Gasteiger partial charge in [0.2, 0.25) is 5.65 Å². The summed E-state index contributed by atoms with van der Waals surface area (Å²) in [6.07, 6.45) is 1.44. The lowest BCUT2D eigenvalue weighted by Gasteiger charge is -2.32. The average Bonchev–Trinajstić information content (AvgIpc) is 3.17. The molecule has 3 aromatic rings. The van der Waals surface area contributed by atoms with Gasteiger partial charge in [-0.25, -0.2) is 9.37 Å². The summed E-state index contributed by atoms with van der Waals surface area (Å²) in [6, 6.07) is 9.08. The largest absolute Gasteiger partial charge is 0.391 e. The molecule has 10 heteroatoms. The third-order valence-electron chi connectivity index (χ3n) is 4.97. The van der Waals surface area contributed by atoms with Crippen molar-refractivity contribution in [2.75, 3.05) is 45.3 Å². The summed E-state index contributed by atoms with van der Waals surface area (Å²) in [7, 11) is 3.57. The van der Waals surface area contributed by atoms with Crippen LogP contribution in [0.3, 0.4) is 0 Å². The maximum absolute atomic E-state index is 14.9. The highest BCUT2D eigenvalue weighted by molar-refractivity contribution is 5.68. The maximum Gasteiger partial charge on any atom is 0.219 e. The second-order valence-corrected chi connectivity index (χ2v) is 7.27. The van der Waals surface area contributed by atoms with E-state index in [1.807, 2.05) is 6.07 Å². The highest BCUT2D eigenvalue weighted by Gasteiger charge is 2.24. The number of rotatable bonds is 6. The predicted molar refractivity (Wildman–Crippen MR) is 107 cm³/mol. The van der Waals surface area contributed by atoms with Crippen molar-refractivity contribution in [1.82, 2.24) is 25.0 Å². The lowest BCUT2D eigenvalue weighted by molar-refractivity contribution is -0.0772. The molecule has 1 saturated heterocycles. The van der Waals surface area contributed by atoms with Crippen molar-refractivity contribution in [3.05, 3.63) is 47.4 Å². The van der Waals surface area contributed by atoms with E-state index in [1.165, 1.54) is 4.85 Å². The fraction of sp³-hybridized carbons (Fsp3) is 0.400.